The molecule has 2 atom stereocenters. The zero-order chi connectivity index (χ0) is 14.7. The van der Waals surface area contributed by atoms with Gasteiger partial charge in [-0.05, 0) is 39.5 Å². The number of carbonyl (C=O) groups is 2. The van der Waals surface area contributed by atoms with E-state index in [1.807, 2.05) is 20.8 Å². The van der Waals surface area contributed by atoms with Crippen LogP contribution in [0.3, 0.4) is 0 Å². The molecule has 0 N–H and O–H groups in total. The van der Waals surface area contributed by atoms with E-state index < -0.39 is 0 Å². The van der Waals surface area contributed by atoms with Gasteiger partial charge in [-0.1, -0.05) is 6.92 Å². The summed E-state index contributed by atoms with van der Waals surface area (Å²) < 4.78 is 5.54. The normalized spacial score (nSPS) is 27.2. The summed E-state index contributed by atoms with van der Waals surface area (Å²) in [6.07, 6.45) is 3.69. The van der Waals surface area contributed by atoms with Crippen LogP contribution in [0.1, 0.15) is 46.5 Å². The molecule has 114 valence electrons. The summed E-state index contributed by atoms with van der Waals surface area (Å²) in [6, 6.07) is -0.522. The summed E-state index contributed by atoms with van der Waals surface area (Å²) >= 11 is 0. The van der Waals surface area contributed by atoms with Crippen LogP contribution in [-0.2, 0) is 14.3 Å². The highest BCUT2D eigenvalue weighted by molar-refractivity contribution is 5.97. The fourth-order valence-electron chi connectivity index (χ4n) is 3.17. The van der Waals surface area contributed by atoms with Crippen LogP contribution in [0.25, 0.3) is 0 Å². The Morgan fingerprint density at radius 1 is 1.25 bits per heavy atom. The van der Waals surface area contributed by atoms with E-state index >= 15 is 0 Å². The van der Waals surface area contributed by atoms with Gasteiger partial charge in [-0.3, -0.25) is 9.59 Å². The van der Waals surface area contributed by atoms with Crippen molar-refractivity contribution in [2.45, 2.75) is 64.6 Å². The van der Waals surface area contributed by atoms with Gasteiger partial charge in [0.2, 0.25) is 11.8 Å². The molecular formula is C15H26N2O3. The van der Waals surface area contributed by atoms with Crippen LogP contribution in [-0.4, -0.2) is 59.5 Å². The SMILES string of the molecule is CCC1C(=O)N2CCCCC2C(=O)N1CCOC(C)C. The molecule has 0 aromatic rings. The molecule has 5 heteroatoms. The molecule has 0 saturated carbocycles. The van der Waals surface area contributed by atoms with Crippen molar-refractivity contribution in [1.82, 2.24) is 9.80 Å². The van der Waals surface area contributed by atoms with Gasteiger partial charge < -0.3 is 14.5 Å². The Morgan fingerprint density at radius 2 is 2.00 bits per heavy atom. The first kappa shape index (κ1) is 15.3. The molecule has 5 nitrogen and oxygen atoms in total. The number of amides is 2. The number of carbonyl (C=O) groups excluding carboxylic acids is 2. The second kappa shape index (κ2) is 6.57. The van der Waals surface area contributed by atoms with Crippen molar-refractivity contribution in [2.24, 2.45) is 0 Å². The number of ether oxygens (including phenoxy) is 1. The van der Waals surface area contributed by atoms with Gasteiger partial charge in [-0.25, -0.2) is 0 Å². The van der Waals surface area contributed by atoms with E-state index in [0.29, 0.717) is 19.6 Å². The van der Waals surface area contributed by atoms with Crippen molar-refractivity contribution in [3.05, 3.63) is 0 Å². The molecule has 20 heavy (non-hydrogen) atoms. The first-order valence-electron chi connectivity index (χ1n) is 7.78. The van der Waals surface area contributed by atoms with Crippen LogP contribution in [0.15, 0.2) is 0 Å². The molecule has 0 bridgehead atoms. The molecule has 2 saturated heterocycles. The zero-order valence-electron chi connectivity index (χ0n) is 12.8. The molecule has 2 rings (SSSR count). The lowest BCUT2D eigenvalue weighted by Gasteiger charge is -2.46. The molecule has 2 amide bonds. The van der Waals surface area contributed by atoms with Crippen molar-refractivity contribution >= 4 is 11.8 Å². The average Bonchev–Trinajstić information content (AvgIpc) is 2.44. The van der Waals surface area contributed by atoms with Crippen LogP contribution in [0.4, 0.5) is 0 Å². The third-order valence-electron chi connectivity index (χ3n) is 4.19. The highest BCUT2D eigenvalue weighted by atomic mass is 16.5. The Hall–Kier alpha value is -1.10. The molecule has 2 aliphatic rings. The third-order valence-corrected chi connectivity index (χ3v) is 4.19. The van der Waals surface area contributed by atoms with E-state index in [4.69, 9.17) is 4.74 Å². The molecule has 2 heterocycles. The van der Waals surface area contributed by atoms with E-state index in [2.05, 4.69) is 0 Å². The van der Waals surface area contributed by atoms with Crippen LogP contribution < -0.4 is 0 Å². The minimum atomic E-state index is -0.299. The summed E-state index contributed by atoms with van der Waals surface area (Å²) in [6.45, 7) is 7.68. The highest BCUT2D eigenvalue weighted by Gasteiger charge is 2.45. The quantitative estimate of drug-likeness (QED) is 0.766. The first-order chi connectivity index (χ1) is 9.56. The second-order valence-electron chi connectivity index (χ2n) is 5.92. The van der Waals surface area contributed by atoms with Gasteiger partial charge in [0.05, 0.1) is 12.7 Å². The van der Waals surface area contributed by atoms with Crippen LogP contribution in [0, 0.1) is 0 Å². The monoisotopic (exact) mass is 282 g/mol. The summed E-state index contributed by atoms with van der Waals surface area (Å²) in [7, 11) is 0. The smallest absolute Gasteiger partial charge is 0.246 e. The van der Waals surface area contributed by atoms with Gasteiger partial charge in [0.25, 0.3) is 0 Å². The number of hydrogen-bond acceptors (Lipinski definition) is 3. The maximum Gasteiger partial charge on any atom is 0.246 e. The molecule has 0 aromatic heterocycles. The number of hydrogen-bond donors (Lipinski definition) is 0. The lowest BCUT2D eigenvalue weighted by molar-refractivity contribution is -0.164. The van der Waals surface area contributed by atoms with E-state index in [9.17, 15) is 9.59 Å². The molecule has 0 radical (unpaired) electrons. The zero-order valence-corrected chi connectivity index (χ0v) is 12.8. The second-order valence-corrected chi connectivity index (χ2v) is 5.92. The molecule has 0 aliphatic carbocycles. The van der Waals surface area contributed by atoms with Gasteiger partial charge in [0.1, 0.15) is 12.1 Å². The Balaban J connectivity index is 2.08. The molecule has 2 aliphatic heterocycles. The predicted molar refractivity (Wildman–Crippen MR) is 76.2 cm³/mol. The number of piperazine rings is 1. The van der Waals surface area contributed by atoms with Gasteiger partial charge in [-0.15, -0.1) is 0 Å². The van der Waals surface area contributed by atoms with Gasteiger partial charge >= 0.3 is 0 Å². The number of rotatable bonds is 5. The number of piperidine rings is 1. The largest absolute Gasteiger partial charge is 0.377 e. The van der Waals surface area contributed by atoms with E-state index in [-0.39, 0.29) is 30.0 Å². The first-order valence-corrected chi connectivity index (χ1v) is 7.78. The number of nitrogens with zero attached hydrogens (tertiary/aromatic N) is 2. The Labute approximate surface area is 121 Å². The third kappa shape index (κ3) is 2.97. The maximum atomic E-state index is 12.6. The fraction of sp³-hybridized carbons (Fsp3) is 0.867. The Bertz CT molecular complexity index is 370. The average molecular weight is 282 g/mol. The van der Waals surface area contributed by atoms with Crippen molar-refractivity contribution in [3.63, 3.8) is 0 Å². The minimum Gasteiger partial charge on any atom is -0.377 e. The van der Waals surface area contributed by atoms with Crippen LogP contribution >= 0.6 is 0 Å². The van der Waals surface area contributed by atoms with Gasteiger partial charge in [0.15, 0.2) is 0 Å². The van der Waals surface area contributed by atoms with Gasteiger partial charge in [-0.2, -0.15) is 0 Å². The summed E-state index contributed by atoms with van der Waals surface area (Å²) in [5.41, 5.74) is 0. The molecule has 0 aromatic carbocycles. The van der Waals surface area contributed by atoms with Crippen LogP contribution in [0.5, 0.6) is 0 Å². The molecule has 0 spiro atoms. The summed E-state index contributed by atoms with van der Waals surface area (Å²) in [4.78, 5) is 28.7. The molecular weight excluding hydrogens is 256 g/mol. The van der Waals surface area contributed by atoms with Gasteiger partial charge in [0, 0.05) is 13.1 Å². The number of fused-ring (bicyclic) bond motifs is 1. The lowest BCUT2D eigenvalue weighted by Crippen LogP contribution is -2.66. The molecule has 2 unspecified atom stereocenters. The van der Waals surface area contributed by atoms with Crippen molar-refractivity contribution in [2.75, 3.05) is 19.7 Å². The van der Waals surface area contributed by atoms with Crippen LogP contribution in [0.2, 0.25) is 0 Å². The highest BCUT2D eigenvalue weighted by Crippen LogP contribution is 2.27. The van der Waals surface area contributed by atoms with E-state index in [1.54, 1.807) is 9.80 Å². The lowest BCUT2D eigenvalue weighted by atomic mass is 9.94. The Kier molecular flexibility index (Phi) is 5.02. The standard InChI is InChI=1S/C15H26N2O3/c1-4-12-14(18)16-8-6-5-7-13(16)15(19)17(12)9-10-20-11(2)3/h11-13H,4-10H2,1-3H3. The van der Waals surface area contributed by atoms with Crippen molar-refractivity contribution in [1.29, 1.82) is 0 Å². The Morgan fingerprint density at radius 3 is 2.65 bits per heavy atom. The molecule has 2 fully saturated rings. The van der Waals surface area contributed by atoms with Crippen molar-refractivity contribution in [3.8, 4) is 0 Å². The summed E-state index contributed by atoms with van der Waals surface area (Å²) in [5, 5.41) is 0. The fourth-order valence-corrected chi connectivity index (χ4v) is 3.17. The van der Waals surface area contributed by atoms with E-state index in [0.717, 1.165) is 25.8 Å². The maximum absolute atomic E-state index is 12.6. The minimum absolute atomic E-state index is 0.114. The summed E-state index contributed by atoms with van der Waals surface area (Å²) in [5.74, 6) is 0.241. The predicted octanol–water partition coefficient (Wildman–Crippen LogP) is 1.41. The van der Waals surface area contributed by atoms with Crippen molar-refractivity contribution < 1.29 is 14.3 Å². The topological polar surface area (TPSA) is 49.9 Å². The van der Waals surface area contributed by atoms with E-state index in [1.165, 1.54) is 0 Å².